The molecule has 0 atom stereocenters. The van der Waals surface area contributed by atoms with Crippen LogP contribution in [-0.4, -0.2) is 16.8 Å². The van der Waals surface area contributed by atoms with Crippen molar-refractivity contribution in [3.8, 4) is 0 Å². The van der Waals surface area contributed by atoms with Crippen LogP contribution in [0, 0.1) is 0 Å². The fourth-order valence-electron chi connectivity index (χ4n) is 2.36. The van der Waals surface area contributed by atoms with E-state index in [0.29, 0.717) is 5.02 Å². The zero-order chi connectivity index (χ0) is 21.2. The van der Waals surface area contributed by atoms with Crippen LogP contribution in [0.2, 0.25) is 15.1 Å². The molecule has 29 heavy (non-hydrogen) atoms. The van der Waals surface area contributed by atoms with E-state index in [1.165, 1.54) is 66.7 Å². The first-order valence-corrected chi connectivity index (χ1v) is 12.0. The smallest absolute Gasteiger partial charge is 0.261 e. The average Bonchev–Trinajstić information content (AvgIpc) is 2.61. The highest BCUT2D eigenvalue weighted by Crippen LogP contribution is 2.25. The summed E-state index contributed by atoms with van der Waals surface area (Å²) in [5.41, 5.74) is 0.403. The number of sulfonamides is 2. The highest BCUT2D eigenvalue weighted by atomic mass is 35.5. The van der Waals surface area contributed by atoms with Gasteiger partial charge in [0.2, 0.25) is 0 Å². The van der Waals surface area contributed by atoms with Gasteiger partial charge in [-0.15, -0.1) is 0 Å². The minimum Gasteiger partial charge on any atom is -0.280 e. The normalized spacial score (nSPS) is 11.8. The average molecular weight is 492 g/mol. The quantitative estimate of drug-likeness (QED) is 0.493. The number of halogens is 3. The standard InChI is InChI=1S/C18H13Cl3N2O4S2/c19-12-1-5-17(6-2-12)28(24,25)22-15-3-7-18(8-4-15)29(26,27)23-16-10-13(20)9-14(21)11-16/h1-11,22-23H. The Hall–Kier alpha value is -1.97. The zero-order valence-corrected chi connectivity index (χ0v) is 18.3. The molecule has 0 aromatic heterocycles. The molecule has 2 N–H and O–H groups in total. The fraction of sp³-hybridized carbons (Fsp3) is 0. The van der Waals surface area contributed by atoms with Gasteiger partial charge in [-0.1, -0.05) is 34.8 Å². The molecule has 0 aliphatic carbocycles. The zero-order valence-electron chi connectivity index (χ0n) is 14.4. The minimum atomic E-state index is -3.92. The predicted molar refractivity (Wildman–Crippen MR) is 116 cm³/mol. The molecule has 0 aliphatic rings. The van der Waals surface area contributed by atoms with Crippen LogP contribution in [-0.2, 0) is 20.0 Å². The topological polar surface area (TPSA) is 92.3 Å². The molecule has 0 aliphatic heterocycles. The number of hydrogen-bond donors (Lipinski definition) is 2. The number of benzene rings is 3. The van der Waals surface area contributed by atoms with Crippen molar-refractivity contribution in [1.29, 1.82) is 0 Å². The summed E-state index contributed by atoms with van der Waals surface area (Å²) >= 11 is 17.5. The summed E-state index contributed by atoms with van der Waals surface area (Å²) in [4.78, 5) is -0.0406. The molecule has 0 heterocycles. The van der Waals surface area contributed by atoms with Gasteiger partial charge in [0.05, 0.1) is 15.5 Å². The van der Waals surface area contributed by atoms with Crippen LogP contribution in [0.25, 0.3) is 0 Å². The third-order valence-corrected chi connectivity index (χ3v) is 7.14. The first-order valence-electron chi connectivity index (χ1n) is 7.92. The van der Waals surface area contributed by atoms with Crippen molar-refractivity contribution in [2.75, 3.05) is 9.44 Å². The Morgan fingerprint density at radius 2 is 0.931 bits per heavy atom. The second-order valence-corrected chi connectivity index (χ2v) is 10.5. The molecule has 3 rings (SSSR count). The maximum Gasteiger partial charge on any atom is 0.261 e. The van der Waals surface area contributed by atoms with E-state index in [9.17, 15) is 16.8 Å². The third-order valence-electron chi connectivity index (χ3n) is 3.66. The van der Waals surface area contributed by atoms with Crippen LogP contribution in [0.1, 0.15) is 0 Å². The van der Waals surface area contributed by atoms with Crippen molar-refractivity contribution in [2.45, 2.75) is 9.79 Å². The van der Waals surface area contributed by atoms with Gasteiger partial charge in [-0.25, -0.2) is 16.8 Å². The van der Waals surface area contributed by atoms with Crippen LogP contribution in [0.4, 0.5) is 11.4 Å². The second kappa shape index (κ2) is 8.41. The number of hydrogen-bond acceptors (Lipinski definition) is 4. The Morgan fingerprint density at radius 3 is 1.41 bits per heavy atom. The number of rotatable bonds is 6. The van der Waals surface area contributed by atoms with Crippen LogP contribution in [0.3, 0.4) is 0 Å². The van der Waals surface area contributed by atoms with Gasteiger partial charge in [0, 0.05) is 20.8 Å². The van der Waals surface area contributed by atoms with Crippen LogP contribution in [0.15, 0.2) is 76.5 Å². The van der Waals surface area contributed by atoms with Crippen molar-refractivity contribution in [3.63, 3.8) is 0 Å². The Kier molecular flexibility index (Phi) is 6.30. The molecule has 0 saturated carbocycles. The Bertz CT molecular complexity index is 1230. The maximum absolute atomic E-state index is 12.5. The molecular weight excluding hydrogens is 479 g/mol. The molecule has 0 amide bonds. The lowest BCUT2D eigenvalue weighted by Crippen LogP contribution is -2.14. The fourth-order valence-corrected chi connectivity index (χ4v) is 5.11. The van der Waals surface area contributed by atoms with Gasteiger partial charge in [-0.3, -0.25) is 9.44 Å². The van der Waals surface area contributed by atoms with Crippen molar-refractivity contribution in [1.82, 2.24) is 0 Å². The molecule has 6 nitrogen and oxygen atoms in total. The summed E-state index contributed by atoms with van der Waals surface area (Å²) in [6.07, 6.45) is 0. The predicted octanol–water partition coefficient (Wildman–Crippen LogP) is 5.25. The van der Waals surface area contributed by atoms with Crippen molar-refractivity contribution in [3.05, 3.63) is 81.8 Å². The lowest BCUT2D eigenvalue weighted by atomic mass is 10.3. The summed E-state index contributed by atoms with van der Waals surface area (Å²) in [5.74, 6) is 0. The molecule has 0 unspecified atom stereocenters. The van der Waals surface area contributed by atoms with Gasteiger partial charge >= 0.3 is 0 Å². The highest BCUT2D eigenvalue weighted by Gasteiger charge is 2.17. The number of nitrogens with one attached hydrogen (secondary N) is 2. The summed E-state index contributed by atoms with van der Waals surface area (Å²) in [6, 6.07) is 15.2. The first-order chi connectivity index (χ1) is 13.5. The van der Waals surface area contributed by atoms with E-state index in [1.54, 1.807) is 0 Å². The van der Waals surface area contributed by atoms with Crippen LogP contribution >= 0.6 is 34.8 Å². The monoisotopic (exact) mass is 490 g/mol. The van der Waals surface area contributed by atoms with E-state index in [4.69, 9.17) is 34.8 Å². The molecule has 11 heteroatoms. The first kappa shape index (κ1) is 21.7. The van der Waals surface area contributed by atoms with E-state index in [0.717, 1.165) is 0 Å². The van der Waals surface area contributed by atoms with Crippen molar-refractivity contribution in [2.24, 2.45) is 0 Å². The van der Waals surface area contributed by atoms with Gasteiger partial charge in [0.15, 0.2) is 0 Å². The summed E-state index contributed by atoms with van der Waals surface area (Å²) < 4.78 is 54.6. The molecule has 0 spiro atoms. The largest absolute Gasteiger partial charge is 0.280 e. The van der Waals surface area contributed by atoms with E-state index >= 15 is 0 Å². The van der Waals surface area contributed by atoms with Gasteiger partial charge in [-0.05, 0) is 66.7 Å². The molecule has 0 fully saturated rings. The molecule has 0 saturated heterocycles. The molecule has 3 aromatic carbocycles. The molecule has 0 radical (unpaired) electrons. The van der Waals surface area contributed by atoms with E-state index in [1.807, 2.05) is 0 Å². The Morgan fingerprint density at radius 1 is 0.517 bits per heavy atom. The Balaban J connectivity index is 1.79. The van der Waals surface area contributed by atoms with Gasteiger partial charge < -0.3 is 0 Å². The van der Waals surface area contributed by atoms with E-state index in [2.05, 4.69) is 9.44 Å². The summed E-state index contributed by atoms with van der Waals surface area (Å²) in [7, 11) is -7.76. The minimum absolute atomic E-state index is 0.0260. The molecule has 152 valence electrons. The van der Waals surface area contributed by atoms with E-state index < -0.39 is 20.0 Å². The summed E-state index contributed by atoms with van der Waals surface area (Å²) in [6.45, 7) is 0. The lowest BCUT2D eigenvalue weighted by Gasteiger charge is -2.11. The van der Waals surface area contributed by atoms with Crippen molar-refractivity contribution >= 4 is 66.2 Å². The summed E-state index contributed by atoms with van der Waals surface area (Å²) in [5, 5.41) is 0.969. The Labute approximate surface area is 183 Å². The van der Waals surface area contributed by atoms with Crippen molar-refractivity contribution < 1.29 is 16.8 Å². The van der Waals surface area contributed by atoms with Gasteiger partial charge in [0.25, 0.3) is 20.0 Å². The second-order valence-electron chi connectivity index (χ2n) is 5.85. The third kappa shape index (κ3) is 5.55. The number of anilines is 2. The lowest BCUT2D eigenvalue weighted by molar-refractivity contribution is 0.600. The SMILES string of the molecule is O=S(=O)(Nc1ccc(S(=O)(=O)Nc2cc(Cl)cc(Cl)c2)cc1)c1ccc(Cl)cc1. The molecule has 3 aromatic rings. The van der Waals surface area contributed by atoms with Gasteiger partial charge in [0.1, 0.15) is 0 Å². The molecule has 0 bridgehead atoms. The maximum atomic E-state index is 12.5. The molecular formula is C18H13Cl3N2O4S2. The van der Waals surface area contributed by atoms with Crippen LogP contribution < -0.4 is 9.44 Å². The van der Waals surface area contributed by atoms with Gasteiger partial charge in [-0.2, -0.15) is 0 Å². The highest BCUT2D eigenvalue weighted by molar-refractivity contribution is 7.93. The van der Waals surface area contributed by atoms with E-state index in [-0.39, 0.29) is 31.2 Å². The van der Waals surface area contributed by atoms with Crippen LogP contribution in [0.5, 0.6) is 0 Å².